The first-order valence-electron chi connectivity index (χ1n) is 3.88. The van der Waals surface area contributed by atoms with Crippen molar-refractivity contribution in [1.29, 1.82) is 0 Å². The highest BCUT2D eigenvalue weighted by Gasteiger charge is 2.13. The Morgan fingerprint density at radius 1 is 1.42 bits per heavy atom. The third-order valence-electron chi connectivity index (χ3n) is 1.77. The van der Waals surface area contributed by atoms with E-state index in [1.807, 2.05) is 32.0 Å². The molecule has 12 heavy (non-hydrogen) atoms. The van der Waals surface area contributed by atoms with Gasteiger partial charge in [-0.25, -0.2) is 0 Å². The third kappa shape index (κ3) is 1.92. The van der Waals surface area contributed by atoms with Crippen molar-refractivity contribution in [2.24, 2.45) is 5.73 Å². The SMILES string of the molecule is CC(C)(N)c1cccc(C=O)c1. The van der Waals surface area contributed by atoms with Crippen molar-refractivity contribution in [3.05, 3.63) is 35.4 Å². The molecule has 64 valence electrons. The number of benzene rings is 1. The number of rotatable bonds is 2. The van der Waals surface area contributed by atoms with Gasteiger partial charge in [-0.3, -0.25) is 4.79 Å². The van der Waals surface area contributed by atoms with Crippen molar-refractivity contribution in [2.45, 2.75) is 19.4 Å². The molecule has 0 aliphatic heterocycles. The van der Waals surface area contributed by atoms with Gasteiger partial charge in [0.05, 0.1) is 0 Å². The summed E-state index contributed by atoms with van der Waals surface area (Å²) >= 11 is 0. The van der Waals surface area contributed by atoms with Crippen molar-refractivity contribution in [1.82, 2.24) is 0 Å². The average molecular weight is 163 g/mol. The summed E-state index contributed by atoms with van der Waals surface area (Å²) in [5.74, 6) is 0. The Bertz CT molecular complexity index is 286. The Balaban J connectivity index is 3.10. The highest BCUT2D eigenvalue weighted by molar-refractivity contribution is 5.75. The molecule has 0 heterocycles. The fraction of sp³-hybridized carbons (Fsp3) is 0.300. The molecule has 0 aliphatic rings. The molecule has 0 aromatic heterocycles. The summed E-state index contributed by atoms with van der Waals surface area (Å²) in [6, 6.07) is 7.34. The zero-order valence-corrected chi connectivity index (χ0v) is 7.37. The van der Waals surface area contributed by atoms with E-state index in [-0.39, 0.29) is 5.54 Å². The van der Waals surface area contributed by atoms with Crippen LogP contribution in [0.5, 0.6) is 0 Å². The van der Waals surface area contributed by atoms with E-state index in [9.17, 15) is 4.79 Å². The molecule has 1 rings (SSSR count). The van der Waals surface area contributed by atoms with E-state index in [1.165, 1.54) is 0 Å². The zero-order valence-electron chi connectivity index (χ0n) is 7.37. The Hall–Kier alpha value is -1.15. The fourth-order valence-corrected chi connectivity index (χ4v) is 1.01. The van der Waals surface area contributed by atoms with Gasteiger partial charge in [-0.2, -0.15) is 0 Å². The second-order valence-electron chi connectivity index (χ2n) is 3.47. The quantitative estimate of drug-likeness (QED) is 0.674. The van der Waals surface area contributed by atoms with E-state index in [1.54, 1.807) is 6.07 Å². The second kappa shape index (κ2) is 3.07. The molecule has 2 nitrogen and oxygen atoms in total. The van der Waals surface area contributed by atoms with E-state index in [0.29, 0.717) is 5.56 Å². The topological polar surface area (TPSA) is 43.1 Å². The molecule has 2 N–H and O–H groups in total. The van der Waals surface area contributed by atoms with Gasteiger partial charge < -0.3 is 5.73 Å². The van der Waals surface area contributed by atoms with Crippen LogP contribution in [-0.2, 0) is 5.54 Å². The van der Waals surface area contributed by atoms with E-state index >= 15 is 0 Å². The van der Waals surface area contributed by atoms with Gasteiger partial charge in [0, 0.05) is 11.1 Å². The smallest absolute Gasteiger partial charge is 0.150 e. The summed E-state index contributed by atoms with van der Waals surface area (Å²) in [7, 11) is 0. The molecular formula is C10H13NO. The Morgan fingerprint density at radius 3 is 2.58 bits per heavy atom. The first-order valence-corrected chi connectivity index (χ1v) is 3.88. The summed E-state index contributed by atoms with van der Waals surface area (Å²) in [6.45, 7) is 3.83. The first-order chi connectivity index (χ1) is 5.54. The minimum absolute atomic E-state index is 0.376. The lowest BCUT2D eigenvalue weighted by Crippen LogP contribution is -2.28. The van der Waals surface area contributed by atoms with Gasteiger partial charge in [0.1, 0.15) is 6.29 Å². The highest BCUT2D eigenvalue weighted by Crippen LogP contribution is 2.16. The molecule has 2 heteroatoms. The monoisotopic (exact) mass is 163 g/mol. The van der Waals surface area contributed by atoms with Crippen LogP contribution in [-0.4, -0.2) is 6.29 Å². The van der Waals surface area contributed by atoms with Crippen LogP contribution in [0, 0.1) is 0 Å². The molecule has 0 saturated carbocycles. The largest absolute Gasteiger partial charge is 0.322 e. The van der Waals surface area contributed by atoms with Crippen LogP contribution in [0.2, 0.25) is 0 Å². The Morgan fingerprint density at radius 2 is 2.08 bits per heavy atom. The maximum atomic E-state index is 10.4. The molecule has 1 aromatic carbocycles. The molecule has 0 bridgehead atoms. The van der Waals surface area contributed by atoms with Crippen LogP contribution in [0.3, 0.4) is 0 Å². The number of carbonyl (C=O) groups excluding carboxylic acids is 1. The third-order valence-corrected chi connectivity index (χ3v) is 1.77. The average Bonchev–Trinajstić information content (AvgIpc) is 2.03. The lowest BCUT2D eigenvalue weighted by Gasteiger charge is -2.18. The summed E-state index contributed by atoms with van der Waals surface area (Å²) in [5.41, 5.74) is 7.14. The van der Waals surface area contributed by atoms with Crippen molar-refractivity contribution in [3.63, 3.8) is 0 Å². The van der Waals surface area contributed by atoms with Crippen LogP contribution in [0.4, 0.5) is 0 Å². The Labute approximate surface area is 72.4 Å². The van der Waals surface area contributed by atoms with Crippen LogP contribution in [0.25, 0.3) is 0 Å². The minimum Gasteiger partial charge on any atom is -0.322 e. The lowest BCUT2D eigenvalue weighted by atomic mass is 9.94. The molecule has 0 spiro atoms. The van der Waals surface area contributed by atoms with Gasteiger partial charge in [-0.05, 0) is 25.5 Å². The normalized spacial score (nSPS) is 11.2. The number of hydrogen-bond donors (Lipinski definition) is 1. The van der Waals surface area contributed by atoms with E-state index in [2.05, 4.69) is 0 Å². The van der Waals surface area contributed by atoms with Crippen molar-refractivity contribution < 1.29 is 4.79 Å². The zero-order chi connectivity index (χ0) is 9.19. The molecule has 0 atom stereocenters. The summed E-state index contributed by atoms with van der Waals surface area (Å²) < 4.78 is 0. The number of carbonyl (C=O) groups is 1. The highest BCUT2D eigenvalue weighted by atomic mass is 16.1. The van der Waals surface area contributed by atoms with Crippen LogP contribution in [0.15, 0.2) is 24.3 Å². The van der Waals surface area contributed by atoms with Crippen LogP contribution < -0.4 is 5.73 Å². The molecule has 0 radical (unpaired) electrons. The molecule has 0 saturated heterocycles. The molecule has 0 aliphatic carbocycles. The standard InChI is InChI=1S/C10H13NO/c1-10(2,11)9-5-3-4-8(6-9)7-12/h3-7H,11H2,1-2H3. The van der Waals surface area contributed by atoms with Crippen LogP contribution in [0.1, 0.15) is 29.8 Å². The molecule has 1 aromatic rings. The summed E-state index contributed by atoms with van der Waals surface area (Å²) in [4.78, 5) is 10.4. The predicted octanol–water partition coefficient (Wildman–Crippen LogP) is 1.69. The van der Waals surface area contributed by atoms with Crippen molar-refractivity contribution in [2.75, 3.05) is 0 Å². The molecule has 0 amide bonds. The van der Waals surface area contributed by atoms with Gasteiger partial charge in [-0.1, -0.05) is 18.2 Å². The number of hydrogen-bond acceptors (Lipinski definition) is 2. The van der Waals surface area contributed by atoms with Gasteiger partial charge in [0.25, 0.3) is 0 Å². The summed E-state index contributed by atoms with van der Waals surface area (Å²) in [5, 5.41) is 0. The minimum atomic E-state index is -0.376. The molecule has 0 unspecified atom stereocenters. The van der Waals surface area contributed by atoms with E-state index in [4.69, 9.17) is 5.73 Å². The van der Waals surface area contributed by atoms with Gasteiger partial charge in [0.2, 0.25) is 0 Å². The first kappa shape index (κ1) is 8.94. The second-order valence-corrected chi connectivity index (χ2v) is 3.47. The maximum absolute atomic E-state index is 10.4. The number of aldehydes is 1. The number of nitrogens with two attached hydrogens (primary N) is 1. The lowest BCUT2D eigenvalue weighted by molar-refractivity contribution is 0.112. The van der Waals surface area contributed by atoms with E-state index < -0.39 is 0 Å². The Kier molecular flexibility index (Phi) is 2.29. The van der Waals surface area contributed by atoms with Gasteiger partial charge >= 0.3 is 0 Å². The molecule has 0 fully saturated rings. The van der Waals surface area contributed by atoms with Gasteiger partial charge in [-0.15, -0.1) is 0 Å². The summed E-state index contributed by atoms with van der Waals surface area (Å²) in [6.07, 6.45) is 0.829. The van der Waals surface area contributed by atoms with Gasteiger partial charge in [0.15, 0.2) is 0 Å². The van der Waals surface area contributed by atoms with Crippen molar-refractivity contribution >= 4 is 6.29 Å². The fourth-order valence-electron chi connectivity index (χ4n) is 1.01. The maximum Gasteiger partial charge on any atom is 0.150 e. The predicted molar refractivity (Wildman–Crippen MR) is 49.0 cm³/mol. The van der Waals surface area contributed by atoms with Crippen molar-refractivity contribution in [3.8, 4) is 0 Å². The molecular weight excluding hydrogens is 150 g/mol. The van der Waals surface area contributed by atoms with E-state index in [0.717, 1.165) is 11.8 Å². The van der Waals surface area contributed by atoms with Crippen LogP contribution >= 0.6 is 0 Å².